The van der Waals surface area contributed by atoms with Crippen molar-refractivity contribution in [3.05, 3.63) is 60.2 Å². The normalized spacial score (nSPS) is 20.1. The standard InChI is InChI=1S/C18H23N3/c1-20-14-11-19-18(20)17-10-6-13-21(15-17)12-5-9-16-7-3-2-4-8-16/h2-5,7-9,11,14,17H,6,10,12-13,15H2,1H3/b9-5+. The predicted molar refractivity (Wildman–Crippen MR) is 87.1 cm³/mol. The van der Waals surface area contributed by atoms with Gasteiger partial charge < -0.3 is 4.57 Å². The van der Waals surface area contributed by atoms with Crippen LogP contribution in [0.4, 0.5) is 0 Å². The molecule has 1 aliphatic rings. The number of hydrogen-bond acceptors (Lipinski definition) is 2. The molecular weight excluding hydrogens is 258 g/mol. The molecular formula is C18H23N3. The van der Waals surface area contributed by atoms with E-state index in [1.165, 1.54) is 30.8 Å². The van der Waals surface area contributed by atoms with E-state index in [-0.39, 0.29) is 0 Å². The largest absolute Gasteiger partial charge is 0.338 e. The second kappa shape index (κ2) is 6.72. The van der Waals surface area contributed by atoms with E-state index in [9.17, 15) is 0 Å². The Balaban J connectivity index is 1.57. The minimum Gasteiger partial charge on any atom is -0.338 e. The lowest BCUT2D eigenvalue weighted by Crippen LogP contribution is -2.35. The molecule has 1 aromatic carbocycles. The van der Waals surface area contributed by atoms with Gasteiger partial charge in [0.1, 0.15) is 5.82 Å². The zero-order chi connectivity index (χ0) is 14.5. The summed E-state index contributed by atoms with van der Waals surface area (Å²) in [5.74, 6) is 1.80. The first kappa shape index (κ1) is 14.1. The Morgan fingerprint density at radius 1 is 1.29 bits per heavy atom. The molecule has 0 N–H and O–H groups in total. The first-order valence-corrected chi connectivity index (χ1v) is 7.74. The van der Waals surface area contributed by atoms with Gasteiger partial charge in [-0.25, -0.2) is 4.98 Å². The summed E-state index contributed by atoms with van der Waals surface area (Å²) in [5.41, 5.74) is 1.27. The minimum atomic E-state index is 0.573. The SMILES string of the molecule is Cn1ccnc1C1CCCN(C/C=C/c2ccccc2)C1. The maximum Gasteiger partial charge on any atom is 0.112 e. The van der Waals surface area contributed by atoms with Gasteiger partial charge in [0.05, 0.1) is 0 Å². The van der Waals surface area contributed by atoms with Gasteiger partial charge in [-0.2, -0.15) is 0 Å². The van der Waals surface area contributed by atoms with Gasteiger partial charge in [-0.15, -0.1) is 0 Å². The number of imidazole rings is 1. The fraction of sp³-hybridized carbons (Fsp3) is 0.389. The average Bonchev–Trinajstić information content (AvgIpc) is 2.95. The van der Waals surface area contributed by atoms with E-state index in [2.05, 4.69) is 64.0 Å². The fourth-order valence-electron chi connectivity index (χ4n) is 3.10. The summed E-state index contributed by atoms with van der Waals surface area (Å²) >= 11 is 0. The molecule has 1 aliphatic heterocycles. The molecule has 1 saturated heterocycles. The van der Waals surface area contributed by atoms with Crippen LogP contribution in [0.25, 0.3) is 6.08 Å². The number of aryl methyl sites for hydroxylation is 1. The van der Waals surface area contributed by atoms with E-state index < -0.39 is 0 Å². The Kier molecular flexibility index (Phi) is 4.51. The molecule has 21 heavy (non-hydrogen) atoms. The third-order valence-corrected chi connectivity index (χ3v) is 4.20. The summed E-state index contributed by atoms with van der Waals surface area (Å²) in [6.45, 7) is 3.33. The molecule has 0 aliphatic carbocycles. The molecule has 0 amide bonds. The van der Waals surface area contributed by atoms with Crippen LogP contribution in [-0.4, -0.2) is 34.1 Å². The molecule has 2 heterocycles. The third kappa shape index (κ3) is 3.61. The van der Waals surface area contributed by atoms with Crippen LogP contribution in [0.15, 0.2) is 48.8 Å². The fourth-order valence-corrected chi connectivity index (χ4v) is 3.10. The lowest BCUT2D eigenvalue weighted by atomic mass is 9.97. The average molecular weight is 281 g/mol. The molecule has 0 spiro atoms. The maximum absolute atomic E-state index is 4.52. The van der Waals surface area contributed by atoms with Crippen LogP contribution in [0.1, 0.15) is 30.1 Å². The molecule has 0 saturated carbocycles. The third-order valence-electron chi connectivity index (χ3n) is 4.20. The Labute approximate surface area is 126 Å². The Morgan fingerprint density at radius 2 is 2.14 bits per heavy atom. The predicted octanol–water partition coefficient (Wildman–Crippen LogP) is 3.31. The van der Waals surface area contributed by atoms with Crippen LogP contribution in [-0.2, 0) is 7.05 Å². The van der Waals surface area contributed by atoms with Crippen LogP contribution in [0, 0.1) is 0 Å². The topological polar surface area (TPSA) is 21.1 Å². The van der Waals surface area contributed by atoms with Crippen LogP contribution < -0.4 is 0 Å². The van der Waals surface area contributed by atoms with Crippen molar-refractivity contribution in [1.82, 2.24) is 14.5 Å². The molecule has 1 fully saturated rings. The van der Waals surface area contributed by atoms with Gasteiger partial charge in [-0.1, -0.05) is 42.5 Å². The summed E-state index contributed by atoms with van der Waals surface area (Å²) in [5, 5.41) is 0. The molecule has 1 atom stereocenters. The molecule has 3 heteroatoms. The van der Waals surface area contributed by atoms with Crippen molar-refractivity contribution in [2.75, 3.05) is 19.6 Å². The second-order valence-corrected chi connectivity index (χ2v) is 5.81. The smallest absolute Gasteiger partial charge is 0.112 e. The molecule has 0 bridgehead atoms. The van der Waals surface area contributed by atoms with Crippen molar-refractivity contribution in [3.63, 3.8) is 0 Å². The van der Waals surface area contributed by atoms with Gasteiger partial charge in [0.15, 0.2) is 0 Å². The maximum atomic E-state index is 4.52. The zero-order valence-corrected chi connectivity index (χ0v) is 12.7. The van der Waals surface area contributed by atoms with Gasteiger partial charge in [-0.05, 0) is 24.9 Å². The number of aromatic nitrogens is 2. The first-order valence-electron chi connectivity index (χ1n) is 7.74. The number of benzene rings is 1. The number of rotatable bonds is 4. The van der Waals surface area contributed by atoms with Crippen molar-refractivity contribution >= 4 is 6.08 Å². The highest BCUT2D eigenvalue weighted by Gasteiger charge is 2.23. The Morgan fingerprint density at radius 3 is 2.90 bits per heavy atom. The highest BCUT2D eigenvalue weighted by Crippen LogP contribution is 2.25. The summed E-state index contributed by atoms with van der Waals surface area (Å²) < 4.78 is 2.16. The number of piperidine rings is 1. The van der Waals surface area contributed by atoms with Crippen molar-refractivity contribution in [2.45, 2.75) is 18.8 Å². The van der Waals surface area contributed by atoms with Crippen molar-refractivity contribution in [1.29, 1.82) is 0 Å². The van der Waals surface area contributed by atoms with E-state index >= 15 is 0 Å². The lowest BCUT2D eigenvalue weighted by molar-refractivity contribution is 0.222. The van der Waals surface area contributed by atoms with E-state index in [0.717, 1.165) is 13.1 Å². The van der Waals surface area contributed by atoms with Crippen LogP contribution in [0.2, 0.25) is 0 Å². The summed E-state index contributed by atoms with van der Waals surface area (Å²) in [7, 11) is 2.09. The second-order valence-electron chi connectivity index (χ2n) is 5.81. The molecule has 3 nitrogen and oxygen atoms in total. The van der Waals surface area contributed by atoms with Gasteiger partial charge in [-0.3, -0.25) is 4.90 Å². The molecule has 2 aromatic rings. The first-order chi connectivity index (χ1) is 10.3. The summed E-state index contributed by atoms with van der Waals surface area (Å²) in [6, 6.07) is 10.5. The zero-order valence-electron chi connectivity index (χ0n) is 12.7. The van der Waals surface area contributed by atoms with Gasteiger partial charge in [0.25, 0.3) is 0 Å². The van der Waals surface area contributed by atoms with Crippen LogP contribution >= 0.6 is 0 Å². The Hall–Kier alpha value is -1.87. The van der Waals surface area contributed by atoms with Crippen molar-refractivity contribution < 1.29 is 0 Å². The van der Waals surface area contributed by atoms with Gasteiger partial charge in [0, 0.05) is 38.4 Å². The van der Waals surface area contributed by atoms with E-state index in [0.29, 0.717) is 5.92 Å². The van der Waals surface area contributed by atoms with Gasteiger partial charge >= 0.3 is 0 Å². The van der Waals surface area contributed by atoms with Gasteiger partial charge in [0.2, 0.25) is 0 Å². The molecule has 1 unspecified atom stereocenters. The highest BCUT2D eigenvalue weighted by atomic mass is 15.1. The Bertz CT molecular complexity index is 586. The highest BCUT2D eigenvalue weighted by molar-refractivity contribution is 5.48. The molecule has 110 valence electrons. The van der Waals surface area contributed by atoms with E-state index in [1.54, 1.807) is 0 Å². The molecule has 3 rings (SSSR count). The van der Waals surface area contributed by atoms with Crippen molar-refractivity contribution in [3.8, 4) is 0 Å². The quantitative estimate of drug-likeness (QED) is 0.857. The van der Waals surface area contributed by atoms with Crippen LogP contribution in [0.5, 0.6) is 0 Å². The van der Waals surface area contributed by atoms with Crippen LogP contribution in [0.3, 0.4) is 0 Å². The molecule has 0 radical (unpaired) electrons. The minimum absolute atomic E-state index is 0.573. The number of nitrogens with zero attached hydrogens (tertiary/aromatic N) is 3. The number of hydrogen-bond donors (Lipinski definition) is 0. The summed E-state index contributed by atoms with van der Waals surface area (Å²) in [6.07, 6.45) is 11.0. The lowest BCUT2D eigenvalue weighted by Gasteiger charge is -2.31. The van der Waals surface area contributed by atoms with Crippen molar-refractivity contribution in [2.24, 2.45) is 7.05 Å². The monoisotopic (exact) mass is 281 g/mol. The summed E-state index contributed by atoms with van der Waals surface area (Å²) in [4.78, 5) is 7.05. The molecule has 1 aromatic heterocycles. The van der Waals surface area contributed by atoms with E-state index in [1.807, 2.05) is 12.4 Å². The number of likely N-dealkylation sites (tertiary alicyclic amines) is 1. The van der Waals surface area contributed by atoms with E-state index in [4.69, 9.17) is 0 Å².